The van der Waals surface area contributed by atoms with Crippen LogP contribution in [0.25, 0.3) is 0 Å². The molecule has 1 unspecified atom stereocenters. The number of morpholine rings is 1. The summed E-state index contributed by atoms with van der Waals surface area (Å²) in [5.41, 5.74) is 0.280. The third kappa shape index (κ3) is 3.62. The molecule has 1 saturated carbocycles. The first-order valence-corrected chi connectivity index (χ1v) is 7.29. The summed E-state index contributed by atoms with van der Waals surface area (Å²) in [4.78, 5) is 24.5. The van der Waals surface area contributed by atoms with Crippen LogP contribution in [0, 0.1) is 11.3 Å². The lowest BCUT2D eigenvalue weighted by atomic mass is 9.92. The molecule has 20 heavy (non-hydrogen) atoms. The summed E-state index contributed by atoms with van der Waals surface area (Å²) in [7, 11) is 0. The van der Waals surface area contributed by atoms with E-state index in [2.05, 4.69) is 19.2 Å². The Bertz CT molecular complexity index is 379. The van der Waals surface area contributed by atoms with Crippen LogP contribution in [0.1, 0.15) is 33.1 Å². The second-order valence-corrected chi connectivity index (χ2v) is 6.21. The quantitative estimate of drug-likeness (QED) is 0.798. The molecule has 1 aliphatic carbocycles. The molecule has 0 aromatic rings. The fourth-order valence-corrected chi connectivity index (χ4v) is 2.70. The Morgan fingerprint density at radius 2 is 2.15 bits per heavy atom. The Morgan fingerprint density at radius 3 is 2.70 bits per heavy atom. The SMILES string of the molecule is CC(C)C1(CNC(=O)N2CCOC(CC(=O)O)C2)CC1. The number of hydrogen-bond acceptors (Lipinski definition) is 3. The second-order valence-electron chi connectivity index (χ2n) is 6.21. The van der Waals surface area contributed by atoms with Gasteiger partial charge < -0.3 is 20.1 Å². The first-order chi connectivity index (χ1) is 9.43. The first kappa shape index (κ1) is 15.1. The molecule has 1 saturated heterocycles. The summed E-state index contributed by atoms with van der Waals surface area (Å²) in [5, 5.41) is 11.8. The number of nitrogens with one attached hydrogen (secondary N) is 1. The van der Waals surface area contributed by atoms with Crippen molar-refractivity contribution in [3.63, 3.8) is 0 Å². The van der Waals surface area contributed by atoms with Crippen LogP contribution in [0.4, 0.5) is 4.79 Å². The van der Waals surface area contributed by atoms with Crippen molar-refractivity contribution in [1.82, 2.24) is 10.2 Å². The van der Waals surface area contributed by atoms with Crippen molar-refractivity contribution < 1.29 is 19.4 Å². The van der Waals surface area contributed by atoms with E-state index in [-0.39, 0.29) is 17.9 Å². The predicted molar refractivity (Wildman–Crippen MR) is 73.5 cm³/mol. The third-order valence-corrected chi connectivity index (χ3v) is 4.54. The minimum absolute atomic E-state index is 0.0558. The number of carbonyl (C=O) groups is 2. The van der Waals surface area contributed by atoms with Crippen LogP contribution in [0.3, 0.4) is 0 Å². The third-order valence-electron chi connectivity index (χ3n) is 4.54. The van der Waals surface area contributed by atoms with E-state index >= 15 is 0 Å². The van der Waals surface area contributed by atoms with Gasteiger partial charge in [0.15, 0.2) is 0 Å². The normalized spacial score (nSPS) is 24.6. The van der Waals surface area contributed by atoms with Crippen LogP contribution in [0.5, 0.6) is 0 Å². The first-order valence-electron chi connectivity index (χ1n) is 7.29. The molecule has 2 N–H and O–H groups in total. The smallest absolute Gasteiger partial charge is 0.317 e. The maximum Gasteiger partial charge on any atom is 0.317 e. The molecule has 2 aliphatic rings. The number of aliphatic carboxylic acids is 1. The fraction of sp³-hybridized carbons (Fsp3) is 0.857. The van der Waals surface area contributed by atoms with Crippen molar-refractivity contribution in [2.75, 3.05) is 26.2 Å². The van der Waals surface area contributed by atoms with Gasteiger partial charge >= 0.3 is 12.0 Å². The molecule has 0 spiro atoms. The zero-order chi connectivity index (χ0) is 14.8. The van der Waals surface area contributed by atoms with Gasteiger partial charge in [-0.15, -0.1) is 0 Å². The van der Waals surface area contributed by atoms with E-state index in [1.54, 1.807) is 4.90 Å². The van der Waals surface area contributed by atoms with E-state index in [1.165, 1.54) is 12.8 Å². The zero-order valence-electron chi connectivity index (χ0n) is 12.2. The summed E-state index contributed by atoms with van der Waals surface area (Å²) < 4.78 is 5.36. The molecule has 0 radical (unpaired) electrons. The fourth-order valence-electron chi connectivity index (χ4n) is 2.70. The van der Waals surface area contributed by atoms with E-state index < -0.39 is 12.1 Å². The van der Waals surface area contributed by atoms with Crippen LogP contribution >= 0.6 is 0 Å². The largest absolute Gasteiger partial charge is 0.481 e. The molecular formula is C14H24N2O4. The number of rotatable bonds is 5. The van der Waals surface area contributed by atoms with Crippen LogP contribution in [0.15, 0.2) is 0 Å². The van der Waals surface area contributed by atoms with Crippen LogP contribution in [-0.4, -0.2) is 54.4 Å². The average Bonchev–Trinajstić information content (AvgIpc) is 3.16. The lowest BCUT2D eigenvalue weighted by Gasteiger charge is -2.33. The van der Waals surface area contributed by atoms with Crippen molar-refractivity contribution >= 4 is 12.0 Å². The molecular weight excluding hydrogens is 260 g/mol. The number of carboxylic acids is 1. The Balaban J connectivity index is 1.79. The number of urea groups is 1. The van der Waals surface area contributed by atoms with Gasteiger partial charge in [-0.3, -0.25) is 4.79 Å². The van der Waals surface area contributed by atoms with Gasteiger partial charge in [0.1, 0.15) is 0 Å². The molecule has 2 rings (SSSR count). The highest BCUT2D eigenvalue weighted by molar-refractivity contribution is 5.74. The number of carbonyl (C=O) groups excluding carboxylic acids is 1. The van der Waals surface area contributed by atoms with Crippen LogP contribution in [-0.2, 0) is 9.53 Å². The Kier molecular flexibility index (Phi) is 4.52. The van der Waals surface area contributed by atoms with Gasteiger partial charge in [0.05, 0.1) is 19.1 Å². The highest BCUT2D eigenvalue weighted by atomic mass is 16.5. The lowest BCUT2D eigenvalue weighted by molar-refractivity contribution is -0.141. The van der Waals surface area contributed by atoms with E-state index in [0.717, 1.165) is 0 Å². The highest BCUT2D eigenvalue weighted by Crippen LogP contribution is 2.51. The maximum atomic E-state index is 12.1. The molecule has 114 valence electrons. The maximum absolute atomic E-state index is 12.1. The monoisotopic (exact) mass is 284 g/mol. The van der Waals surface area contributed by atoms with Crippen molar-refractivity contribution in [3.05, 3.63) is 0 Å². The second kappa shape index (κ2) is 5.99. The van der Waals surface area contributed by atoms with E-state index in [0.29, 0.717) is 32.2 Å². The minimum atomic E-state index is -0.894. The van der Waals surface area contributed by atoms with Crippen molar-refractivity contribution in [1.29, 1.82) is 0 Å². The zero-order valence-corrected chi connectivity index (χ0v) is 12.2. The summed E-state index contributed by atoms with van der Waals surface area (Å²) in [6.07, 6.45) is 1.90. The average molecular weight is 284 g/mol. The summed E-state index contributed by atoms with van der Waals surface area (Å²) in [5.74, 6) is -0.318. The molecule has 1 aliphatic heterocycles. The lowest BCUT2D eigenvalue weighted by Crippen LogP contribution is -2.51. The molecule has 0 aromatic heterocycles. The molecule has 2 fully saturated rings. The summed E-state index contributed by atoms with van der Waals surface area (Å²) in [6.45, 7) is 6.38. The van der Waals surface area contributed by atoms with E-state index in [4.69, 9.17) is 9.84 Å². The van der Waals surface area contributed by atoms with Gasteiger partial charge in [0.2, 0.25) is 0 Å². The number of hydrogen-bond donors (Lipinski definition) is 2. The van der Waals surface area contributed by atoms with Gasteiger partial charge in [-0.05, 0) is 24.2 Å². The Hall–Kier alpha value is -1.30. The highest BCUT2D eigenvalue weighted by Gasteiger charge is 2.45. The number of ether oxygens (including phenoxy) is 1. The van der Waals surface area contributed by atoms with Crippen molar-refractivity contribution in [2.45, 2.75) is 39.2 Å². The number of nitrogens with zero attached hydrogens (tertiary/aromatic N) is 1. The van der Waals surface area contributed by atoms with Crippen LogP contribution < -0.4 is 5.32 Å². The number of amides is 2. The van der Waals surface area contributed by atoms with E-state index in [9.17, 15) is 9.59 Å². The molecule has 6 heteroatoms. The molecule has 2 amide bonds. The molecule has 6 nitrogen and oxygen atoms in total. The molecule has 1 atom stereocenters. The Morgan fingerprint density at radius 1 is 1.45 bits per heavy atom. The van der Waals surface area contributed by atoms with Gasteiger partial charge in [0, 0.05) is 19.6 Å². The number of carboxylic acid groups (broad SMARTS) is 1. The van der Waals surface area contributed by atoms with Crippen molar-refractivity contribution in [2.24, 2.45) is 11.3 Å². The summed E-state index contributed by atoms with van der Waals surface area (Å²) in [6, 6.07) is -0.101. The topological polar surface area (TPSA) is 78.9 Å². The Labute approximate surface area is 119 Å². The van der Waals surface area contributed by atoms with Crippen LogP contribution in [0.2, 0.25) is 0 Å². The summed E-state index contributed by atoms with van der Waals surface area (Å²) >= 11 is 0. The molecule has 1 heterocycles. The standard InChI is InChI=1S/C14H24N2O4/c1-10(2)14(3-4-14)9-15-13(19)16-5-6-20-11(8-16)7-12(17)18/h10-11H,3-9H2,1-2H3,(H,15,19)(H,17,18). The predicted octanol–water partition coefficient (Wildman–Crippen LogP) is 1.31. The minimum Gasteiger partial charge on any atom is -0.481 e. The van der Waals surface area contributed by atoms with Gasteiger partial charge in [-0.25, -0.2) is 4.79 Å². The van der Waals surface area contributed by atoms with E-state index in [1.807, 2.05) is 0 Å². The van der Waals surface area contributed by atoms with Gasteiger partial charge in [-0.1, -0.05) is 13.8 Å². The van der Waals surface area contributed by atoms with Crippen molar-refractivity contribution in [3.8, 4) is 0 Å². The molecule has 0 aromatic carbocycles. The van der Waals surface area contributed by atoms with Gasteiger partial charge in [0.25, 0.3) is 0 Å². The van der Waals surface area contributed by atoms with Gasteiger partial charge in [-0.2, -0.15) is 0 Å². The molecule has 0 bridgehead atoms.